The Morgan fingerprint density at radius 1 is 1.22 bits per heavy atom. The molecular weight excluding hydrogens is 453 g/mol. The second-order valence-electron chi connectivity index (χ2n) is 8.01. The van der Waals surface area contributed by atoms with Crippen LogP contribution in [0.15, 0.2) is 29.3 Å². The maximum Gasteiger partial charge on any atom is 0.193 e. The van der Waals surface area contributed by atoms with Gasteiger partial charge < -0.3 is 19.7 Å². The number of hydrogen-bond acceptors (Lipinski definition) is 3. The Kier molecular flexibility index (Phi) is 8.37. The highest BCUT2D eigenvalue weighted by atomic mass is 127. The van der Waals surface area contributed by atoms with Crippen LogP contribution in [-0.4, -0.2) is 63.0 Å². The van der Waals surface area contributed by atoms with Crippen molar-refractivity contribution >= 4 is 29.9 Å². The van der Waals surface area contributed by atoms with Crippen LogP contribution in [0.1, 0.15) is 37.8 Å². The first-order valence-electron chi connectivity index (χ1n) is 9.76. The van der Waals surface area contributed by atoms with E-state index in [4.69, 9.17) is 9.47 Å². The Bertz CT molecular complexity index is 630. The van der Waals surface area contributed by atoms with Crippen molar-refractivity contribution in [2.75, 3.05) is 39.9 Å². The summed E-state index contributed by atoms with van der Waals surface area (Å²) in [6.07, 6.45) is 2.63. The maximum atomic E-state index is 5.97. The minimum Gasteiger partial charge on any atom is -0.375 e. The van der Waals surface area contributed by atoms with E-state index in [9.17, 15) is 0 Å². The van der Waals surface area contributed by atoms with Crippen molar-refractivity contribution in [3.8, 4) is 0 Å². The molecule has 152 valence electrons. The van der Waals surface area contributed by atoms with Crippen molar-refractivity contribution < 1.29 is 9.47 Å². The fraction of sp³-hybridized carbons (Fsp3) is 0.667. The molecule has 2 aliphatic rings. The highest BCUT2D eigenvalue weighted by Gasteiger charge is 2.32. The lowest BCUT2D eigenvalue weighted by Crippen LogP contribution is -2.54. The number of guanidine groups is 1. The molecule has 2 atom stereocenters. The summed E-state index contributed by atoms with van der Waals surface area (Å²) in [6.45, 7) is 10.9. The summed E-state index contributed by atoms with van der Waals surface area (Å²) < 4.78 is 11.8. The van der Waals surface area contributed by atoms with Crippen LogP contribution in [0, 0.1) is 6.92 Å². The quantitative estimate of drug-likeness (QED) is 0.402. The molecule has 5 nitrogen and oxygen atoms in total. The zero-order valence-corrected chi connectivity index (χ0v) is 19.4. The minimum atomic E-state index is 0. The summed E-state index contributed by atoms with van der Waals surface area (Å²) in [6, 6.07) is 8.62. The van der Waals surface area contributed by atoms with Gasteiger partial charge in [0.25, 0.3) is 0 Å². The van der Waals surface area contributed by atoms with Crippen LogP contribution in [0.2, 0.25) is 0 Å². The third-order valence-electron chi connectivity index (χ3n) is 5.55. The first kappa shape index (κ1) is 22.4. The van der Waals surface area contributed by atoms with Crippen molar-refractivity contribution in [1.29, 1.82) is 0 Å². The summed E-state index contributed by atoms with van der Waals surface area (Å²) in [5, 5.41) is 3.60. The van der Waals surface area contributed by atoms with Gasteiger partial charge in [0.05, 0.1) is 12.7 Å². The molecule has 2 aliphatic heterocycles. The van der Waals surface area contributed by atoms with E-state index in [1.54, 1.807) is 0 Å². The Labute approximate surface area is 180 Å². The molecule has 2 unspecified atom stereocenters. The SMILES string of the molecule is CN=C(NCC(C)(C)c1ccccc1C)N1CCOC(C2CCCO2)C1.I. The molecule has 1 aromatic carbocycles. The molecule has 1 N–H and O–H groups in total. The van der Waals surface area contributed by atoms with Crippen LogP contribution in [-0.2, 0) is 14.9 Å². The molecule has 2 fully saturated rings. The number of rotatable bonds is 4. The second-order valence-corrected chi connectivity index (χ2v) is 8.01. The fourth-order valence-electron chi connectivity index (χ4n) is 4.05. The molecule has 0 amide bonds. The lowest BCUT2D eigenvalue weighted by Gasteiger charge is -2.38. The number of benzene rings is 1. The van der Waals surface area contributed by atoms with Crippen molar-refractivity contribution in [2.24, 2.45) is 4.99 Å². The third kappa shape index (κ3) is 5.57. The summed E-state index contributed by atoms with van der Waals surface area (Å²) >= 11 is 0. The lowest BCUT2D eigenvalue weighted by molar-refractivity contribution is -0.0817. The molecule has 0 aromatic heterocycles. The highest BCUT2D eigenvalue weighted by molar-refractivity contribution is 14.0. The van der Waals surface area contributed by atoms with Gasteiger partial charge in [-0.15, -0.1) is 24.0 Å². The Morgan fingerprint density at radius 2 is 1.96 bits per heavy atom. The molecule has 6 heteroatoms. The predicted octanol–water partition coefficient (Wildman–Crippen LogP) is 3.35. The average Bonchev–Trinajstić information content (AvgIpc) is 3.17. The normalized spacial score (nSPS) is 23.9. The zero-order valence-electron chi connectivity index (χ0n) is 17.0. The zero-order chi connectivity index (χ0) is 18.6. The Morgan fingerprint density at radius 3 is 2.63 bits per heavy atom. The number of nitrogens with one attached hydrogen (secondary N) is 1. The predicted molar refractivity (Wildman–Crippen MR) is 121 cm³/mol. The highest BCUT2D eigenvalue weighted by Crippen LogP contribution is 2.26. The summed E-state index contributed by atoms with van der Waals surface area (Å²) in [4.78, 5) is 6.84. The van der Waals surface area contributed by atoms with Crippen LogP contribution >= 0.6 is 24.0 Å². The van der Waals surface area contributed by atoms with Gasteiger partial charge in [-0.25, -0.2) is 0 Å². The molecule has 0 bridgehead atoms. The molecule has 0 radical (unpaired) electrons. The minimum absolute atomic E-state index is 0. The van der Waals surface area contributed by atoms with Crippen LogP contribution in [0.3, 0.4) is 0 Å². The van der Waals surface area contributed by atoms with Gasteiger partial charge in [-0.1, -0.05) is 38.1 Å². The van der Waals surface area contributed by atoms with E-state index < -0.39 is 0 Å². The molecule has 3 rings (SSSR count). The molecular formula is C21H34IN3O2. The van der Waals surface area contributed by atoms with Gasteiger partial charge >= 0.3 is 0 Å². The van der Waals surface area contributed by atoms with Gasteiger partial charge in [-0.05, 0) is 30.9 Å². The van der Waals surface area contributed by atoms with Crippen molar-refractivity contribution in [3.05, 3.63) is 35.4 Å². The van der Waals surface area contributed by atoms with Gasteiger partial charge in [0, 0.05) is 38.7 Å². The van der Waals surface area contributed by atoms with E-state index in [0.29, 0.717) is 0 Å². The van der Waals surface area contributed by atoms with E-state index in [1.807, 2.05) is 7.05 Å². The smallest absolute Gasteiger partial charge is 0.193 e. The van der Waals surface area contributed by atoms with Crippen LogP contribution < -0.4 is 5.32 Å². The molecule has 0 aliphatic carbocycles. The Balaban J connectivity index is 0.00000261. The van der Waals surface area contributed by atoms with E-state index >= 15 is 0 Å². The summed E-state index contributed by atoms with van der Waals surface area (Å²) in [7, 11) is 1.86. The number of ether oxygens (including phenoxy) is 2. The largest absolute Gasteiger partial charge is 0.375 e. The van der Waals surface area contributed by atoms with E-state index in [0.717, 1.165) is 51.6 Å². The fourth-order valence-corrected chi connectivity index (χ4v) is 4.05. The Hall–Kier alpha value is -0.860. The van der Waals surface area contributed by atoms with E-state index in [2.05, 4.69) is 60.2 Å². The van der Waals surface area contributed by atoms with E-state index in [1.165, 1.54) is 11.1 Å². The summed E-state index contributed by atoms with van der Waals surface area (Å²) in [5.41, 5.74) is 2.74. The van der Waals surface area contributed by atoms with E-state index in [-0.39, 0.29) is 41.6 Å². The summed E-state index contributed by atoms with van der Waals surface area (Å²) in [5.74, 6) is 0.956. The molecule has 2 saturated heterocycles. The van der Waals surface area contributed by atoms with Gasteiger partial charge in [0.15, 0.2) is 5.96 Å². The van der Waals surface area contributed by atoms with Crippen molar-refractivity contribution in [3.63, 3.8) is 0 Å². The first-order chi connectivity index (χ1) is 12.5. The number of morpholine rings is 1. The lowest BCUT2D eigenvalue weighted by atomic mass is 9.82. The topological polar surface area (TPSA) is 46.1 Å². The number of halogens is 1. The van der Waals surface area contributed by atoms with Gasteiger partial charge in [0.1, 0.15) is 6.10 Å². The van der Waals surface area contributed by atoms with Crippen molar-refractivity contribution in [1.82, 2.24) is 10.2 Å². The molecule has 27 heavy (non-hydrogen) atoms. The number of aliphatic imine (C=N–C) groups is 1. The van der Waals surface area contributed by atoms with Gasteiger partial charge in [-0.3, -0.25) is 4.99 Å². The monoisotopic (exact) mass is 487 g/mol. The van der Waals surface area contributed by atoms with Gasteiger partial charge in [0.2, 0.25) is 0 Å². The average molecular weight is 487 g/mol. The van der Waals surface area contributed by atoms with Gasteiger partial charge in [-0.2, -0.15) is 0 Å². The molecule has 0 spiro atoms. The number of hydrogen-bond donors (Lipinski definition) is 1. The van der Waals surface area contributed by atoms with Crippen LogP contribution in [0.4, 0.5) is 0 Å². The maximum absolute atomic E-state index is 5.97. The van der Waals surface area contributed by atoms with Crippen LogP contribution in [0.5, 0.6) is 0 Å². The molecule has 2 heterocycles. The number of aryl methyl sites for hydroxylation is 1. The van der Waals surface area contributed by atoms with Crippen molar-refractivity contribution in [2.45, 2.75) is 51.2 Å². The van der Waals surface area contributed by atoms with Crippen LogP contribution in [0.25, 0.3) is 0 Å². The molecule has 1 aromatic rings. The second kappa shape index (κ2) is 10.1. The standard InChI is InChI=1S/C21H33N3O2.HI/c1-16-8-5-6-9-17(16)21(2,3)15-23-20(22-4)24-11-13-26-19(14-24)18-10-7-12-25-18;/h5-6,8-9,18-19H,7,10-15H2,1-4H3,(H,22,23);1H. The third-order valence-corrected chi connectivity index (χ3v) is 5.55. The number of nitrogens with zero attached hydrogens (tertiary/aromatic N) is 2. The molecule has 0 saturated carbocycles. The first-order valence-corrected chi connectivity index (χ1v) is 9.76.